The highest BCUT2D eigenvalue weighted by Gasteiger charge is 2.10. The molecule has 0 radical (unpaired) electrons. The van der Waals surface area contributed by atoms with Gasteiger partial charge in [0, 0.05) is 9.85 Å². The maximum atomic E-state index is 13.4. The molecule has 0 heterocycles. The van der Waals surface area contributed by atoms with Gasteiger partial charge in [0.2, 0.25) is 0 Å². The van der Waals surface area contributed by atoms with Crippen LogP contribution in [0.25, 0.3) is 0 Å². The molecule has 0 saturated heterocycles. The van der Waals surface area contributed by atoms with Crippen molar-refractivity contribution >= 4 is 27.5 Å². The predicted molar refractivity (Wildman–Crippen MR) is 71.5 cm³/mol. The summed E-state index contributed by atoms with van der Waals surface area (Å²) in [6, 6.07) is 5.06. The van der Waals surface area contributed by atoms with Crippen molar-refractivity contribution in [2.24, 2.45) is 5.92 Å². The van der Waals surface area contributed by atoms with Crippen molar-refractivity contribution in [2.75, 3.05) is 0 Å². The van der Waals surface area contributed by atoms with Crippen LogP contribution in [0.1, 0.15) is 32.3 Å². The zero-order valence-electron chi connectivity index (χ0n) is 9.64. The van der Waals surface area contributed by atoms with Gasteiger partial charge in [-0.15, -0.1) is 11.6 Å². The molecule has 0 aliphatic heterocycles. The van der Waals surface area contributed by atoms with Gasteiger partial charge in [0.1, 0.15) is 5.82 Å². The van der Waals surface area contributed by atoms with E-state index in [1.807, 2.05) is 6.07 Å². The predicted octanol–water partition coefficient (Wildman–Crippen LogP) is 5.17. The van der Waals surface area contributed by atoms with E-state index < -0.39 is 0 Å². The molecule has 1 aromatic rings. The van der Waals surface area contributed by atoms with Gasteiger partial charge in [-0.1, -0.05) is 29.8 Å². The summed E-state index contributed by atoms with van der Waals surface area (Å²) in [7, 11) is 0. The fourth-order valence-electron chi connectivity index (χ4n) is 1.56. The average molecular weight is 308 g/mol. The molecule has 0 nitrogen and oxygen atoms in total. The van der Waals surface area contributed by atoms with Crippen LogP contribution in [0.4, 0.5) is 4.39 Å². The topological polar surface area (TPSA) is 0 Å². The van der Waals surface area contributed by atoms with Crippen molar-refractivity contribution < 1.29 is 4.39 Å². The van der Waals surface area contributed by atoms with Crippen molar-refractivity contribution in [3.05, 3.63) is 34.1 Å². The molecule has 0 spiro atoms. The van der Waals surface area contributed by atoms with E-state index >= 15 is 0 Å². The van der Waals surface area contributed by atoms with Gasteiger partial charge in [-0.2, -0.15) is 0 Å². The zero-order valence-corrected chi connectivity index (χ0v) is 12.0. The third-order valence-electron chi connectivity index (χ3n) is 2.66. The Labute approximate surface area is 110 Å². The zero-order chi connectivity index (χ0) is 12.1. The Morgan fingerprint density at radius 3 is 2.69 bits per heavy atom. The highest BCUT2D eigenvalue weighted by molar-refractivity contribution is 9.10. The van der Waals surface area contributed by atoms with Crippen molar-refractivity contribution in [1.29, 1.82) is 0 Å². The van der Waals surface area contributed by atoms with Crippen LogP contribution in [0.5, 0.6) is 0 Å². The first-order chi connectivity index (χ1) is 7.50. The molecule has 16 heavy (non-hydrogen) atoms. The Kier molecular flexibility index (Phi) is 5.77. The minimum absolute atomic E-state index is 0.126. The summed E-state index contributed by atoms with van der Waals surface area (Å²) in [6.07, 6.45) is 2.62. The maximum absolute atomic E-state index is 13.4. The normalized spacial score (nSPS) is 13.1. The Balaban J connectivity index is 2.45. The molecule has 0 bridgehead atoms. The SMILES string of the molecule is CC(C)C(Cl)CCCc1cc(Br)ccc1F. The second kappa shape index (κ2) is 6.61. The number of aryl methyl sites for hydroxylation is 1. The lowest BCUT2D eigenvalue weighted by atomic mass is 10.0. The van der Waals surface area contributed by atoms with E-state index in [1.54, 1.807) is 6.07 Å². The number of halogens is 3. The van der Waals surface area contributed by atoms with Gasteiger partial charge in [0.05, 0.1) is 0 Å². The van der Waals surface area contributed by atoms with E-state index in [0.717, 1.165) is 29.3 Å². The van der Waals surface area contributed by atoms with Gasteiger partial charge in [0.25, 0.3) is 0 Å². The van der Waals surface area contributed by atoms with Crippen molar-refractivity contribution in [2.45, 2.75) is 38.5 Å². The molecule has 0 aliphatic rings. The molecule has 0 amide bonds. The molecule has 90 valence electrons. The van der Waals surface area contributed by atoms with Crippen LogP contribution in [-0.4, -0.2) is 5.38 Å². The van der Waals surface area contributed by atoms with Crippen molar-refractivity contribution in [3.8, 4) is 0 Å². The van der Waals surface area contributed by atoms with E-state index in [4.69, 9.17) is 11.6 Å². The molecule has 0 N–H and O–H groups in total. The van der Waals surface area contributed by atoms with Crippen LogP contribution in [0.3, 0.4) is 0 Å². The molecular weight excluding hydrogens is 290 g/mol. The van der Waals surface area contributed by atoms with E-state index in [1.165, 1.54) is 6.07 Å². The number of hydrogen-bond donors (Lipinski definition) is 0. The molecule has 0 fully saturated rings. The molecule has 1 unspecified atom stereocenters. The average Bonchev–Trinajstić information content (AvgIpc) is 2.22. The number of hydrogen-bond acceptors (Lipinski definition) is 0. The minimum atomic E-state index is -0.126. The molecule has 1 rings (SSSR count). The van der Waals surface area contributed by atoms with Crippen molar-refractivity contribution in [1.82, 2.24) is 0 Å². The summed E-state index contributed by atoms with van der Waals surface area (Å²) in [6.45, 7) is 4.22. The summed E-state index contributed by atoms with van der Waals surface area (Å²) < 4.78 is 14.3. The van der Waals surface area contributed by atoms with Crippen LogP contribution in [0.15, 0.2) is 22.7 Å². The van der Waals surface area contributed by atoms with E-state index in [2.05, 4.69) is 29.8 Å². The Hall–Kier alpha value is -0.0800. The standard InChI is InChI=1S/C13H17BrClF/c1-9(2)12(15)5-3-4-10-8-11(14)6-7-13(10)16/h6-9,12H,3-5H2,1-2H3. The van der Waals surface area contributed by atoms with E-state index in [9.17, 15) is 4.39 Å². The molecule has 0 aliphatic carbocycles. The summed E-state index contributed by atoms with van der Waals surface area (Å²) >= 11 is 9.50. The highest BCUT2D eigenvalue weighted by Crippen LogP contribution is 2.20. The highest BCUT2D eigenvalue weighted by atomic mass is 79.9. The second-order valence-corrected chi connectivity index (χ2v) is 5.86. The van der Waals surface area contributed by atoms with Gasteiger partial charge < -0.3 is 0 Å². The lowest BCUT2D eigenvalue weighted by molar-refractivity contribution is 0.539. The first kappa shape index (κ1) is 14.0. The van der Waals surface area contributed by atoms with Crippen molar-refractivity contribution in [3.63, 3.8) is 0 Å². The Bertz CT molecular complexity index is 339. The summed E-state index contributed by atoms with van der Waals surface area (Å²) in [5.74, 6) is 0.355. The quantitative estimate of drug-likeness (QED) is 0.658. The summed E-state index contributed by atoms with van der Waals surface area (Å²) in [4.78, 5) is 0. The monoisotopic (exact) mass is 306 g/mol. The van der Waals surface area contributed by atoms with Gasteiger partial charge >= 0.3 is 0 Å². The summed E-state index contributed by atoms with van der Waals surface area (Å²) in [5, 5.41) is 0.190. The molecule has 0 saturated carbocycles. The molecular formula is C13H17BrClF. The first-order valence-electron chi connectivity index (χ1n) is 5.58. The van der Waals surface area contributed by atoms with E-state index in [0.29, 0.717) is 5.92 Å². The lowest BCUT2D eigenvalue weighted by Gasteiger charge is -2.12. The van der Waals surface area contributed by atoms with Gasteiger partial charge in [0.15, 0.2) is 0 Å². The summed E-state index contributed by atoms with van der Waals surface area (Å²) in [5.41, 5.74) is 0.766. The molecule has 3 heteroatoms. The van der Waals surface area contributed by atoms with Gasteiger partial charge in [-0.25, -0.2) is 4.39 Å². The van der Waals surface area contributed by atoms with Gasteiger partial charge in [-0.05, 0) is 48.9 Å². The molecule has 1 atom stereocenters. The smallest absolute Gasteiger partial charge is 0.126 e. The fourth-order valence-corrected chi connectivity index (χ4v) is 2.12. The van der Waals surface area contributed by atoms with Crippen LogP contribution >= 0.6 is 27.5 Å². The molecule has 0 aromatic heterocycles. The second-order valence-electron chi connectivity index (χ2n) is 4.39. The number of rotatable bonds is 5. The first-order valence-corrected chi connectivity index (χ1v) is 6.81. The lowest BCUT2D eigenvalue weighted by Crippen LogP contribution is -2.08. The third kappa shape index (κ3) is 4.42. The van der Waals surface area contributed by atoms with Gasteiger partial charge in [-0.3, -0.25) is 0 Å². The number of alkyl halides is 1. The van der Waals surface area contributed by atoms with Crippen LogP contribution < -0.4 is 0 Å². The largest absolute Gasteiger partial charge is 0.207 e. The van der Waals surface area contributed by atoms with Crippen LogP contribution in [-0.2, 0) is 6.42 Å². The minimum Gasteiger partial charge on any atom is -0.207 e. The number of benzene rings is 1. The Morgan fingerprint density at radius 2 is 2.06 bits per heavy atom. The third-order valence-corrected chi connectivity index (χ3v) is 3.87. The maximum Gasteiger partial charge on any atom is 0.126 e. The van der Waals surface area contributed by atoms with E-state index in [-0.39, 0.29) is 11.2 Å². The van der Waals surface area contributed by atoms with Crippen LogP contribution in [0.2, 0.25) is 0 Å². The Morgan fingerprint density at radius 1 is 1.38 bits per heavy atom. The molecule has 1 aromatic carbocycles. The fraction of sp³-hybridized carbons (Fsp3) is 0.538. The van der Waals surface area contributed by atoms with Crippen LogP contribution in [0, 0.1) is 11.7 Å².